The third-order valence-electron chi connectivity index (χ3n) is 3.97. The average molecular weight is 152 g/mol. The van der Waals surface area contributed by atoms with Crippen molar-refractivity contribution >= 4 is 0 Å². The van der Waals surface area contributed by atoms with Gasteiger partial charge in [-0.3, -0.25) is 0 Å². The van der Waals surface area contributed by atoms with Crippen molar-refractivity contribution < 1.29 is 0 Å². The van der Waals surface area contributed by atoms with Crippen molar-refractivity contribution in [3.63, 3.8) is 0 Å². The lowest BCUT2D eigenvalue weighted by Gasteiger charge is -2.21. The summed E-state index contributed by atoms with van der Waals surface area (Å²) in [6.45, 7) is 2.47. The van der Waals surface area contributed by atoms with Crippen LogP contribution >= 0.6 is 0 Å². The molecule has 0 aromatic heterocycles. The molecule has 0 heterocycles. The molecule has 0 N–H and O–H groups in total. The van der Waals surface area contributed by atoms with Gasteiger partial charge in [-0.15, -0.1) is 0 Å². The third-order valence-corrected chi connectivity index (χ3v) is 3.97. The van der Waals surface area contributed by atoms with Crippen LogP contribution in [0.1, 0.15) is 51.9 Å². The van der Waals surface area contributed by atoms with E-state index in [9.17, 15) is 0 Å². The summed E-state index contributed by atoms with van der Waals surface area (Å²) in [5, 5.41) is 0. The Morgan fingerprint density at radius 3 is 2.55 bits per heavy atom. The van der Waals surface area contributed by atoms with Crippen LogP contribution in [0.3, 0.4) is 0 Å². The SMILES string of the molecule is C[C@H]1CCC2CCCC1CC2. The van der Waals surface area contributed by atoms with Gasteiger partial charge in [0.15, 0.2) is 0 Å². The van der Waals surface area contributed by atoms with E-state index in [2.05, 4.69) is 6.92 Å². The van der Waals surface area contributed by atoms with Crippen molar-refractivity contribution in [3.05, 3.63) is 0 Å². The Morgan fingerprint density at radius 2 is 1.64 bits per heavy atom. The third kappa shape index (κ3) is 1.60. The maximum Gasteiger partial charge on any atom is -0.0388 e. The quantitative estimate of drug-likeness (QED) is 0.497. The highest BCUT2D eigenvalue weighted by Gasteiger charge is 2.27. The minimum absolute atomic E-state index is 1.04. The molecule has 0 amide bonds. The van der Waals surface area contributed by atoms with Crippen LogP contribution < -0.4 is 0 Å². The molecule has 2 saturated carbocycles. The van der Waals surface area contributed by atoms with Crippen LogP contribution in [0.2, 0.25) is 0 Å². The minimum Gasteiger partial charge on any atom is -0.0622 e. The summed E-state index contributed by atoms with van der Waals surface area (Å²) in [5.74, 6) is 3.26. The molecule has 2 aliphatic rings. The summed E-state index contributed by atoms with van der Waals surface area (Å²) in [5.41, 5.74) is 0. The number of hydrogen-bond donors (Lipinski definition) is 0. The summed E-state index contributed by atoms with van der Waals surface area (Å²) in [6, 6.07) is 0. The molecular formula is C11H20. The van der Waals surface area contributed by atoms with Gasteiger partial charge in [0.2, 0.25) is 0 Å². The second-order valence-corrected chi connectivity index (χ2v) is 4.69. The molecule has 2 aliphatic carbocycles. The van der Waals surface area contributed by atoms with E-state index in [4.69, 9.17) is 0 Å². The zero-order valence-electron chi connectivity index (χ0n) is 7.68. The normalized spacial score (nSPS) is 45.0. The highest BCUT2D eigenvalue weighted by molar-refractivity contribution is 4.78. The van der Waals surface area contributed by atoms with Gasteiger partial charge in [-0.1, -0.05) is 45.4 Å². The number of fused-ring (bicyclic) bond motifs is 3. The molecule has 64 valence electrons. The highest BCUT2D eigenvalue weighted by atomic mass is 14.3. The van der Waals surface area contributed by atoms with Gasteiger partial charge in [-0.05, 0) is 24.2 Å². The molecule has 3 atom stereocenters. The minimum atomic E-state index is 1.04. The fourth-order valence-corrected chi connectivity index (χ4v) is 3.00. The number of hydrogen-bond acceptors (Lipinski definition) is 0. The van der Waals surface area contributed by atoms with Gasteiger partial charge in [0.25, 0.3) is 0 Å². The van der Waals surface area contributed by atoms with Crippen LogP contribution in [-0.4, -0.2) is 0 Å². The Hall–Kier alpha value is 0. The van der Waals surface area contributed by atoms with Crippen molar-refractivity contribution in [2.75, 3.05) is 0 Å². The molecular weight excluding hydrogens is 132 g/mol. The van der Waals surface area contributed by atoms with Crippen LogP contribution in [0, 0.1) is 17.8 Å². The Kier molecular flexibility index (Phi) is 2.20. The second-order valence-electron chi connectivity index (χ2n) is 4.69. The zero-order chi connectivity index (χ0) is 7.68. The second kappa shape index (κ2) is 3.16. The Bertz CT molecular complexity index is 124. The smallest absolute Gasteiger partial charge is 0.0388 e. The van der Waals surface area contributed by atoms with Crippen LogP contribution in [0.25, 0.3) is 0 Å². The summed E-state index contributed by atoms with van der Waals surface area (Å²) in [4.78, 5) is 0. The van der Waals surface area contributed by atoms with Crippen molar-refractivity contribution in [2.24, 2.45) is 17.8 Å². The Labute approximate surface area is 70.4 Å². The molecule has 0 aliphatic heterocycles. The predicted octanol–water partition coefficient (Wildman–Crippen LogP) is 3.61. The van der Waals surface area contributed by atoms with Gasteiger partial charge in [-0.25, -0.2) is 0 Å². The van der Waals surface area contributed by atoms with Crippen molar-refractivity contribution in [1.82, 2.24) is 0 Å². The lowest BCUT2D eigenvalue weighted by atomic mass is 9.84. The van der Waals surface area contributed by atoms with E-state index >= 15 is 0 Å². The summed E-state index contributed by atoms with van der Waals surface area (Å²) in [7, 11) is 0. The number of rotatable bonds is 0. The van der Waals surface area contributed by atoms with E-state index in [0.29, 0.717) is 0 Å². The molecule has 0 nitrogen and oxygen atoms in total. The first kappa shape index (κ1) is 7.64. The molecule has 0 aromatic rings. The molecule has 0 heteroatoms. The van der Waals surface area contributed by atoms with Gasteiger partial charge in [-0.2, -0.15) is 0 Å². The van der Waals surface area contributed by atoms with E-state index in [1.54, 1.807) is 19.3 Å². The molecule has 2 unspecified atom stereocenters. The van der Waals surface area contributed by atoms with Crippen LogP contribution in [0.4, 0.5) is 0 Å². The molecule has 0 saturated heterocycles. The average Bonchev–Trinajstić information content (AvgIpc) is 2.29. The molecule has 0 spiro atoms. The standard InChI is InChI=1S/C11H20/c1-9-5-6-10-3-2-4-11(9)8-7-10/h9-11H,2-8H2,1H3/t9-,10?,11?/m0/s1. The molecule has 0 aromatic carbocycles. The predicted molar refractivity (Wildman–Crippen MR) is 48.5 cm³/mol. The van der Waals surface area contributed by atoms with Gasteiger partial charge in [0.1, 0.15) is 0 Å². The van der Waals surface area contributed by atoms with Crippen LogP contribution in [-0.2, 0) is 0 Å². The van der Waals surface area contributed by atoms with Gasteiger partial charge >= 0.3 is 0 Å². The van der Waals surface area contributed by atoms with Gasteiger partial charge in [0.05, 0.1) is 0 Å². The maximum atomic E-state index is 2.47. The summed E-state index contributed by atoms with van der Waals surface area (Å²) >= 11 is 0. The first-order chi connectivity index (χ1) is 5.36. The molecule has 2 fully saturated rings. The highest BCUT2D eigenvalue weighted by Crippen LogP contribution is 2.39. The first-order valence-corrected chi connectivity index (χ1v) is 5.36. The Morgan fingerprint density at radius 1 is 0.818 bits per heavy atom. The van der Waals surface area contributed by atoms with Crippen LogP contribution in [0.5, 0.6) is 0 Å². The molecule has 11 heavy (non-hydrogen) atoms. The maximum absolute atomic E-state index is 2.47. The largest absolute Gasteiger partial charge is 0.0622 e. The monoisotopic (exact) mass is 152 g/mol. The lowest BCUT2D eigenvalue weighted by Crippen LogP contribution is -2.10. The van der Waals surface area contributed by atoms with Crippen molar-refractivity contribution in [1.29, 1.82) is 0 Å². The summed E-state index contributed by atoms with van der Waals surface area (Å²) in [6.07, 6.45) is 10.8. The molecule has 2 bridgehead atoms. The van der Waals surface area contributed by atoms with E-state index in [1.165, 1.54) is 25.7 Å². The Balaban J connectivity index is 2.05. The topological polar surface area (TPSA) is 0 Å². The van der Waals surface area contributed by atoms with E-state index in [-0.39, 0.29) is 0 Å². The van der Waals surface area contributed by atoms with Crippen molar-refractivity contribution in [3.8, 4) is 0 Å². The van der Waals surface area contributed by atoms with Gasteiger partial charge < -0.3 is 0 Å². The van der Waals surface area contributed by atoms with Gasteiger partial charge in [0, 0.05) is 0 Å². The lowest BCUT2D eigenvalue weighted by molar-refractivity contribution is 0.298. The fraction of sp³-hybridized carbons (Fsp3) is 1.00. The summed E-state index contributed by atoms with van der Waals surface area (Å²) < 4.78 is 0. The fourth-order valence-electron chi connectivity index (χ4n) is 3.00. The van der Waals surface area contributed by atoms with Crippen LogP contribution in [0.15, 0.2) is 0 Å². The van der Waals surface area contributed by atoms with E-state index in [1.807, 2.05) is 0 Å². The first-order valence-electron chi connectivity index (χ1n) is 5.36. The molecule has 2 rings (SSSR count). The van der Waals surface area contributed by atoms with Crippen molar-refractivity contribution in [2.45, 2.75) is 51.9 Å². The molecule has 0 radical (unpaired) electrons. The van der Waals surface area contributed by atoms with E-state index in [0.717, 1.165) is 17.8 Å². The zero-order valence-corrected chi connectivity index (χ0v) is 7.68. The van der Waals surface area contributed by atoms with E-state index < -0.39 is 0 Å².